The fourth-order valence-corrected chi connectivity index (χ4v) is 2.76. The van der Waals surface area contributed by atoms with Gasteiger partial charge in [-0.2, -0.15) is 0 Å². The summed E-state index contributed by atoms with van der Waals surface area (Å²) < 4.78 is 1.01. The van der Waals surface area contributed by atoms with Crippen LogP contribution in [-0.4, -0.2) is 23.2 Å². The van der Waals surface area contributed by atoms with E-state index in [0.29, 0.717) is 13.0 Å². The minimum Gasteiger partial charge on any atom is -0.388 e. The summed E-state index contributed by atoms with van der Waals surface area (Å²) in [5.74, 6) is -0.0266. The minimum absolute atomic E-state index is 0.0266. The van der Waals surface area contributed by atoms with E-state index in [1.165, 1.54) is 6.42 Å². The maximum Gasteiger partial charge on any atom is 0.224 e. The molecule has 0 atom stereocenters. The maximum atomic E-state index is 11.8. The van der Waals surface area contributed by atoms with Crippen molar-refractivity contribution in [1.29, 1.82) is 0 Å². The fourth-order valence-electron chi connectivity index (χ4n) is 2.50. The van der Waals surface area contributed by atoms with Gasteiger partial charge in [0.1, 0.15) is 0 Å². The number of carbonyl (C=O) groups excluding carboxylic acids is 1. The Balaban J connectivity index is 1.79. The Kier molecular flexibility index (Phi) is 4.99. The normalized spacial score (nSPS) is 18.0. The summed E-state index contributed by atoms with van der Waals surface area (Å²) in [6.07, 6.45) is 5.26. The molecule has 2 N–H and O–H groups in total. The van der Waals surface area contributed by atoms with E-state index in [-0.39, 0.29) is 5.91 Å². The third-order valence-corrected chi connectivity index (χ3v) is 4.21. The molecule has 3 nitrogen and oxygen atoms in total. The van der Waals surface area contributed by atoms with Gasteiger partial charge in [-0.15, -0.1) is 0 Å². The molecule has 1 fully saturated rings. The summed E-state index contributed by atoms with van der Waals surface area (Å²) in [7, 11) is 0. The summed E-state index contributed by atoms with van der Waals surface area (Å²) in [6, 6.07) is 7.71. The number of halogens is 1. The fraction of sp³-hybridized carbons (Fsp3) is 0.533. The van der Waals surface area contributed by atoms with Gasteiger partial charge in [0.05, 0.1) is 12.0 Å². The van der Waals surface area contributed by atoms with Gasteiger partial charge >= 0.3 is 0 Å². The van der Waals surface area contributed by atoms with Gasteiger partial charge in [0, 0.05) is 11.0 Å². The maximum absolute atomic E-state index is 11.8. The van der Waals surface area contributed by atoms with Gasteiger partial charge in [-0.3, -0.25) is 4.79 Å². The molecule has 0 heterocycles. The summed E-state index contributed by atoms with van der Waals surface area (Å²) >= 11 is 3.37. The molecule has 1 aliphatic rings. The number of rotatable bonds is 4. The molecule has 0 unspecified atom stereocenters. The van der Waals surface area contributed by atoms with Crippen LogP contribution in [-0.2, 0) is 11.2 Å². The SMILES string of the molecule is O=C(Cc1ccc(Br)cc1)NCC1(O)CCCCC1. The molecule has 0 aromatic heterocycles. The molecule has 2 rings (SSSR count). The van der Waals surface area contributed by atoms with Crippen LogP contribution in [0.25, 0.3) is 0 Å². The molecule has 0 spiro atoms. The minimum atomic E-state index is -0.687. The van der Waals surface area contributed by atoms with Crippen molar-refractivity contribution in [2.45, 2.75) is 44.1 Å². The molecule has 1 aromatic rings. The summed E-state index contributed by atoms with van der Waals surface area (Å²) in [5, 5.41) is 13.2. The van der Waals surface area contributed by atoms with E-state index in [4.69, 9.17) is 0 Å². The summed E-state index contributed by atoms with van der Waals surface area (Å²) in [5.41, 5.74) is 0.296. The molecule has 1 amide bonds. The molecule has 1 saturated carbocycles. The van der Waals surface area contributed by atoms with Crippen molar-refractivity contribution in [1.82, 2.24) is 5.32 Å². The largest absolute Gasteiger partial charge is 0.388 e. The Morgan fingerprint density at radius 3 is 2.47 bits per heavy atom. The van der Waals surface area contributed by atoms with Crippen molar-refractivity contribution in [3.05, 3.63) is 34.3 Å². The van der Waals surface area contributed by atoms with Crippen LogP contribution >= 0.6 is 15.9 Å². The molecule has 1 aliphatic carbocycles. The average Bonchev–Trinajstić information content (AvgIpc) is 2.40. The van der Waals surface area contributed by atoms with E-state index >= 15 is 0 Å². The molecule has 0 saturated heterocycles. The van der Waals surface area contributed by atoms with Crippen LogP contribution in [0.1, 0.15) is 37.7 Å². The lowest BCUT2D eigenvalue weighted by molar-refractivity contribution is -0.122. The van der Waals surface area contributed by atoms with Gasteiger partial charge in [0.25, 0.3) is 0 Å². The zero-order chi connectivity index (χ0) is 13.7. The Morgan fingerprint density at radius 2 is 1.84 bits per heavy atom. The first-order valence-corrected chi connectivity index (χ1v) is 7.60. The van der Waals surface area contributed by atoms with E-state index in [1.807, 2.05) is 24.3 Å². The molecule has 0 aliphatic heterocycles. The van der Waals surface area contributed by atoms with Crippen molar-refractivity contribution in [3.8, 4) is 0 Å². The van der Waals surface area contributed by atoms with Gasteiger partial charge in [0.2, 0.25) is 5.91 Å². The zero-order valence-corrected chi connectivity index (χ0v) is 12.6. The number of benzene rings is 1. The standard InChI is InChI=1S/C15H20BrNO2/c16-13-6-4-12(5-7-13)10-14(18)17-11-15(19)8-2-1-3-9-15/h4-7,19H,1-3,8-11H2,(H,17,18). The van der Waals surface area contributed by atoms with Crippen molar-refractivity contribution in [2.75, 3.05) is 6.54 Å². The van der Waals surface area contributed by atoms with Crippen molar-refractivity contribution in [2.24, 2.45) is 0 Å². The Hall–Kier alpha value is -0.870. The van der Waals surface area contributed by atoms with E-state index in [0.717, 1.165) is 35.7 Å². The third kappa shape index (κ3) is 4.62. The van der Waals surface area contributed by atoms with E-state index < -0.39 is 5.60 Å². The highest BCUT2D eigenvalue weighted by Gasteiger charge is 2.29. The number of hydrogen-bond donors (Lipinski definition) is 2. The van der Waals surface area contributed by atoms with Gasteiger partial charge in [-0.05, 0) is 30.5 Å². The van der Waals surface area contributed by atoms with Gasteiger partial charge in [0.15, 0.2) is 0 Å². The molecular weight excluding hydrogens is 306 g/mol. The average molecular weight is 326 g/mol. The Bertz CT molecular complexity index is 424. The zero-order valence-electron chi connectivity index (χ0n) is 11.0. The van der Waals surface area contributed by atoms with E-state index in [1.54, 1.807) is 0 Å². The first-order valence-electron chi connectivity index (χ1n) is 6.81. The predicted octanol–water partition coefficient (Wildman–Crippen LogP) is 2.80. The predicted molar refractivity (Wildman–Crippen MR) is 78.9 cm³/mol. The number of hydrogen-bond acceptors (Lipinski definition) is 2. The van der Waals surface area contributed by atoms with Gasteiger partial charge in [-0.1, -0.05) is 47.3 Å². The molecule has 0 bridgehead atoms. The van der Waals surface area contributed by atoms with Crippen LogP contribution in [0.4, 0.5) is 0 Å². The number of amides is 1. The second-order valence-corrected chi connectivity index (χ2v) is 6.28. The lowest BCUT2D eigenvalue weighted by Crippen LogP contribution is -2.44. The topological polar surface area (TPSA) is 49.3 Å². The molecule has 104 valence electrons. The van der Waals surface area contributed by atoms with Crippen molar-refractivity contribution < 1.29 is 9.90 Å². The number of nitrogens with one attached hydrogen (secondary N) is 1. The highest BCUT2D eigenvalue weighted by molar-refractivity contribution is 9.10. The quantitative estimate of drug-likeness (QED) is 0.894. The van der Waals surface area contributed by atoms with Crippen LogP contribution in [0.15, 0.2) is 28.7 Å². The molecule has 1 aromatic carbocycles. The van der Waals surface area contributed by atoms with Gasteiger partial charge in [-0.25, -0.2) is 0 Å². The van der Waals surface area contributed by atoms with Crippen LogP contribution in [0.5, 0.6) is 0 Å². The van der Waals surface area contributed by atoms with Crippen molar-refractivity contribution in [3.63, 3.8) is 0 Å². The second kappa shape index (κ2) is 6.53. The third-order valence-electron chi connectivity index (χ3n) is 3.68. The van der Waals surface area contributed by atoms with E-state index in [2.05, 4.69) is 21.2 Å². The Labute approximate surface area is 122 Å². The van der Waals surface area contributed by atoms with Crippen molar-refractivity contribution >= 4 is 21.8 Å². The monoisotopic (exact) mass is 325 g/mol. The van der Waals surface area contributed by atoms with Crippen LogP contribution in [0.3, 0.4) is 0 Å². The highest BCUT2D eigenvalue weighted by Crippen LogP contribution is 2.27. The van der Waals surface area contributed by atoms with Gasteiger partial charge < -0.3 is 10.4 Å². The smallest absolute Gasteiger partial charge is 0.224 e. The summed E-state index contributed by atoms with van der Waals surface area (Å²) in [6.45, 7) is 0.377. The lowest BCUT2D eigenvalue weighted by atomic mass is 9.85. The van der Waals surface area contributed by atoms with Crippen LogP contribution in [0.2, 0.25) is 0 Å². The number of carbonyl (C=O) groups is 1. The first kappa shape index (κ1) is 14.5. The highest BCUT2D eigenvalue weighted by atomic mass is 79.9. The summed E-state index contributed by atoms with van der Waals surface area (Å²) in [4.78, 5) is 11.8. The van der Waals surface area contributed by atoms with Crippen LogP contribution in [0, 0.1) is 0 Å². The second-order valence-electron chi connectivity index (χ2n) is 5.36. The molecule has 19 heavy (non-hydrogen) atoms. The Morgan fingerprint density at radius 1 is 1.21 bits per heavy atom. The lowest BCUT2D eigenvalue weighted by Gasteiger charge is -2.32. The molecular formula is C15H20BrNO2. The number of aliphatic hydroxyl groups is 1. The van der Waals surface area contributed by atoms with E-state index in [9.17, 15) is 9.90 Å². The molecule has 0 radical (unpaired) electrons. The van der Waals surface area contributed by atoms with Crippen LogP contribution < -0.4 is 5.32 Å². The first-order chi connectivity index (χ1) is 9.07. The molecule has 4 heteroatoms.